The summed E-state index contributed by atoms with van der Waals surface area (Å²) in [6, 6.07) is 5.28. The zero-order valence-electron chi connectivity index (χ0n) is 12.1. The molecule has 2 aliphatic rings. The normalized spacial score (nSPS) is 20.8. The first-order valence-electron chi connectivity index (χ1n) is 7.45. The van der Waals surface area contributed by atoms with Crippen LogP contribution in [0.1, 0.15) is 23.2 Å². The summed E-state index contributed by atoms with van der Waals surface area (Å²) >= 11 is 0. The third-order valence-corrected chi connectivity index (χ3v) is 4.41. The van der Waals surface area contributed by atoms with Crippen LogP contribution < -0.4 is 5.69 Å². The van der Waals surface area contributed by atoms with Gasteiger partial charge in [0.25, 0.3) is 5.91 Å². The molecule has 1 spiro atoms. The molecule has 2 saturated heterocycles. The number of likely N-dealkylation sites (tertiary alicyclic amines) is 1. The summed E-state index contributed by atoms with van der Waals surface area (Å²) < 4.78 is 11.4. The standard InChI is InChI=1S/C15H17N3O4/c19-13(10-2-1-3-11-12(10)17-14(20)16-11)18-6-4-15(5-7-18)21-8-9-22-15/h1-3H,4-9H2,(H2,16,17,20). The third kappa shape index (κ3) is 2.13. The first kappa shape index (κ1) is 13.5. The Kier molecular flexibility index (Phi) is 3.05. The highest BCUT2D eigenvalue weighted by atomic mass is 16.7. The molecule has 116 valence electrons. The first-order valence-corrected chi connectivity index (χ1v) is 7.45. The highest BCUT2D eigenvalue weighted by molar-refractivity contribution is 6.04. The molecule has 0 aliphatic carbocycles. The Morgan fingerprint density at radius 1 is 1.14 bits per heavy atom. The van der Waals surface area contributed by atoms with E-state index >= 15 is 0 Å². The summed E-state index contributed by atoms with van der Waals surface area (Å²) in [4.78, 5) is 31.3. The van der Waals surface area contributed by atoms with Gasteiger partial charge >= 0.3 is 5.69 Å². The van der Waals surface area contributed by atoms with E-state index in [0.717, 1.165) is 0 Å². The Hall–Kier alpha value is -2.12. The van der Waals surface area contributed by atoms with Crippen LogP contribution in [0.15, 0.2) is 23.0 Å². The number of benzene rings is 1. The highest BCUT2D eigenvalue weighted by Crippen LogP contribution is 2.32. The molecule has 0 atom stereocenters. The number of H-pyrrole nitrogens is 2. The van der Waals surface area contributed by atoms with Crippen molar-refractivity contribution >= 4 is 16.9 Å². The number of hydrogen-bond donors (Lipinski definition) is 2. The van der Waals surface area contributed by atoms with E-state index in [2.05, 4.69) is 9.97 Å². The lowest BCUT2D eigenvalue weighted by molar-refractivity contribution is -0.181. The molecule has 22 heavy (non-hydrogen) atoms. The number of aromatic nitrogens is 2. The second-order valence-electron chi connectivity index (χ2n) is 5.71. The zero-order valence-corrected chi connectivity index (χ0v) is 12.1. The number of ether oxygens (including phenoxy) is 2. The molecular formula is C15H17N3O4. The minimum Gasteiger partial charge on any atom is -0.347 e. The lowest BCUT2D eigenvalue weighted by Crippen LogP contribution is -2.47. The number of piperidine rings is 1. The van der Waals surface area contributed by atoms with Crippen molar-refractivity contribution in [1.29, 1.82) is 0 Å². The molecule has 3 heterocycles. The summed E-state index contributed by atoms with van der Waals surface area (Å²) in [5, 5.41) is 0. The lowest BCUT2D eigenvalue weighted by Gasteiger charge is -2.37. The number of rotatable bonds is 1. The van der Waals surface area contributed by atoms with Crippen LogP contribution in [0, 0.1) is 0 Å². The van der Waals surface area contributed by atoms with Gasteiger partial charge in [0.2, 0.25) is 0 Å². The fraction of sp³-hybridized carbons (Fsp3) is 0.467. The molecule has 1 amide bonds. The van der Waals surface area contributed by atoms with Crippen molar-refractivity contribution in [3.05, 3.63) is 34.2 Å². The van der Waals surface area contributed by atoms with Gasteiger partial charge < -0.3 is 24.3 Å². The molecule has 7 nitrogen and oxygen atoms in total. The van der Waals surface area contributed by atoms with Crippen LogP contribution in [-0.2, 0) is 9.47 Å². The van der Waals surface area contributed by atoms with Crippen LogP contribution in [-0.4, -0.2) is 52.9 Å². The molecule has 0 bridgehead atoms. The molecule has 2 aromatic rings. The van der Waals surface area contributed by atoms with E-state index < -0.39 is 5.79 Å². The van der Waals surface area contributed by atoms with E-state index in [1.165, 1.54) is 0 Å². The van der Waals surface area contributed by atoms with Gasteiger partial charge in [-0.2, -0.15) is 0 Å². The van der Waals surface area contributed by atoms with E-state index in [0.29, 0.717) is 55.7 Å². The Morgan fingerprint density at radius 2 is 1.86 bits per heavy atom. The summed E-state index contributed by atoms with van der Waals surface area (Å²) in [6.07, 6.45) is 1.36. The Balaban J connectivity index is 1.58. The minimum atomic E-state index is -0.495. The number of carbonyl (C=O) groups excluding carboxylic acids is 1. The predicted octanol–water partition coefficient (Wildman–Crippen LogP) is 0.835. The monoisotopic (exact) mass is 303 g/mol. The third-order valence-electron chi connectivity index (χ3n) is 4.41. The summed E-state index contributed by atoms with van der Waals surface area (Å²) in [5.74, 6) is -0.570. The van der Waals surface area contributed by atoms with Crippen molar-refractivity contribution in [3.63, 3.8) is 0 Å². The largest absolute Gasteiger partial charge is 0.347 e. The van der Waals surface area contributed by atoms with Gasteiger partial charge in [0.05, 0.1) is 29.8 Å². The summed E-state index contributed by atoms with van der Waals surface area (Å²) in [6.45, 7) is 2.42. The molecule has 1 aromatic carbocycles. The maximum absolute atomic E-state index is 12.7. The number of imidazole rings is 1. The van der Waals surface area contributed by atoms with Gasteiger partial charge in [-0.15, -0.1) is 0 Å². The van der Waals surface area contributed by atoms with Crippen LogP contribution in [0.3, 0.4) is 0 Å². The summed E-state index contributed by atoms with van der Waals surface area (Å²) in [7, 11) is 0. The fourth-order valence-electron chi connectivity index (χ4n) is 3.24. The van der Waals surface area contributed by atoms with Crippen LogP contribution in [0.5, 0.6) is 0 Å². The van der Waals surface area contributed by atoms with E-state index in [1.54, 1.807) is 23.1 Å². The smallest absolute Gasteiger partial charge is 0.323 e. The molecule has 2 fully saturated rings. The number of para-hydroxylation sites is 1. The minimum absolute atomic E-state index is 0.0753. The average molecular weight is 303 g/mol. The van der Waals surface area contributed by atoms with Gasteiger partial charge in [0, 0.05) is 25.9 Å². The Morgan fingerprint density at radius 3 is 2.59 bits per heavy atom. The topological polar surface area (TPSA) is 87.4 Å². The van der Waals surface area contributed by atoms with E-state index in [9.17, 15) is 9.59 Å². The maximum Gasteiger partial charge on any atom is 0.323 e. The quantitative estimate of drug-likeness (QED) is 0.817. The molecule has 0 unspecified atom stereocenters. The van der Waals surface area contributed by atoms with Crippen molar-refractivity contribution in [1.82, 2.24) is 14.9 Å². The predicted molar refractivity (Wildman–Crippen MR) is 78.7 cm³/mol. The number of fused-ring (bicyclic) bond motifs is 1. The molecule has 2 aliphatic heterocycles. The lowest BCUT2D eigenvalue weighted by atomic mass is 10.0. The fourth-order valence-corrected chi connectivity index (χ4v) is 3.24. The van der Waals surface area contributed by atoms with E-state index in [1.807, 2.05) is 0 Å². The van der Waals surface area contributed by atoms with Crippen molar-refractivity contribution in [2.24, 2.45) is 0 Å². The van der Waals surface area contributed by atoms with Crippen LogP contribution >= 0.6 is 0 Å². The Labute approximate surface area is 126 Å². The van der Waals surface area contributed by atoms with Gasteiger partial charge in [-0.1, -0.05) is 6.07 Å². The zero-order chi connectivity index (χ0) is 15.2. The van der Waals surface area contributed by atoms with Gasteiger partial charge in [0.1, 0.15) is 0 Å². The first-order chi connectivity index (χ1) is 10.7. The number of aromatic amines is 2. The number of hydrogen-bond acceptors (Lipinski definition) is 4. The van der Waals surface area contributed by atoms with Gasteiger partial charge in [-0.05, 0) is 12.1 Å². The van der Waals surface area contributed by atoms with E-state index in [-0.39, 0.29) is 11.6 Å². The van der Waals surface area contributed by atoms with Crippen molar-refractivity contribution < 1.29 is 14.3 Å². The van der Waals surface area contributed by atoms with Crippen molar-refractivity contribution in [3.8, 4) is 0 Å². The van der Waals surface area contributed by atoms with Gasteiger partial charge in [0.15, 0.2) is 5.79 Å². The van der Waals surface area contributed by atoms with Crippen LogP contribution in [0.4, 0.5) is 0 Å². The molecule has 1 aromatic heterocycles. The van der Waals surface area contributed by atoms with Crippen LogP contribution in [0.2, 0.25) is 0 Å². The Bertz CT molecular complexity index is 762. The van der Waals surface area contributed by atoms with Gasteiger partial charge in [-0.25, -0.2) is 4.79 Å². The van der Waals surface area contributed by atoms with Crippen molar-refractivity contribution in [2.75, 3.05) is 26.3 Å². The number of amides is 1. The molecular weight excluding hydrogens is 286 g/mol. The molecule has 2 N–H and O–H groups in total. The van der Waals surface area contributed by atoms with Crippen LogP contribution in [0.25, 0.3) is 11.0 Å². The number of nitrogens with zero attached hydrogens (tertiary/aromatic N) is 1. The van der Waals surface area contributed by atoms with Crippen molar-refractivity contribution in [2.45, 2.75) is 18.6 Å². The van der Waals surface area contributed by atoms with Gasteiger partial charge in [-0.3, -0.25) is 4.79 Å². The maximum atomic E-state index is 12.7. The second kappa shape index (κ2) is 4.96. The second-order valence-corrected chi connectivity index (χ2v) is 5.71. The SMILES string of the molecule is O=C(c1cccc2[nH]c(=O)[nH]c12)N1CCC2(CC1)OCCO2. The van der Waals surface area contributed by atoms with E-state index in [4.69, 9.17) is 9.47 Å². The molecule has 0 radical (unpaired) electrons. The highest BCUT2D eigenvalue weighted by Gasteiger charge is 2.41. The molecule has 4 rings (SSSR count). The number of carbonyl (C=O) groups is 1. The molecule has 0 saturated carbocycles. The number of nitrogens with one attached hydrogen (secondary N) is 2. The summed E-state index contributed by atoms with van der Waals surface area (Å²) in [5.41, 5.74) is 1.42. The molecule has 7 heteroatoms. The average Bonchev–Trinajstić information content (AvgIpc) is 3.13.